The van der Waals surface area contributed by atoms with Crippen LogP contribution in [0.25, 0.3) is 0 Å². The third-order valence-electron chi connectivity index (χ3n) is 5.94. The SMILES string of the molecule is CCc1ccc(O[C@H]2CC[C@H](CN3CCC(O)=C(C(=O)NCC(=O)O)C3=O)CC2)cc1. The molecule has 1 aliphatic carbocycles. The van der Waals surface area contributed by atoms with Gasteiger partial charge in [-0.05, 0) is 55.7 Å². The van der Waals surface area contributed by atoms with Crippen molar-refractivity contribution >= 4 is 17.8 Å². The second kappa shape index (κ2) is 10.3. The van der Waals surface area contributed by atoms with Crippen LogP contribution in [-0.4, -0.2) is 58.6 Å². The van der Waals surface area contributed by atoms with Gasteiger partial charge in [-0.15, -0.1) is 0 Å². The molecule has 1 aliphatic heterocycles. The molecule has 3 N–H and O–H groups in total. The number of amides is 2. The van der Waals surface area contributed by atoms with E-state index in [9.17, 15) is 19.5 Å². The summed E-state index contributed by atoms with van der Waals surface area (Å²) in [5, 5.41) is 20.9. The van der Waals surface area contributed by atoms with Crippen molar-refractivity contribution in [1.82, 2.24) is 10.2 Å². The molecule has 1 heterocycles. The first-order valence-electron chi connectivity index (χ1n) is 10.8. The van der Waals surface area contributed by atoms with Crippen molar-refractivity contribution < 1.29 is 29.3 Å². The zero-order valence-corrected chi connectivity index (χ0v) is 17.8. The van der Waals surface area contributed by atoms with Crippen LogP contribution in [0.3, 0.4) is 0 Å². The largest absolute Gasteiger partial charge is 0.511 e. The lowest BCUT2D eigenvalue weighted by Gasteiger charge is -2.34. The number of carboxylic acids is 1. The molecular formula is C23H30N2O6. The Hall–Kier alpha value is -3.03. The van der Waals surface area contributed by atoms with Gasteiger partial charge in [0.05, 0.1) is 6.10 Å². The van der Waals surface area contributed by atoms with Gasteiger partial charge in [0, 0.05) is 19.5 Å². The predicted octanol–water partition coefficient (Wildman–Crippen LogP) is 2.43. The van der Waals surface area contributed by atoms with E-state index in [4.69, 9.17) is 9.84 Å². The zero-order chi connectivity index (χ0) is 22.4. The lowest BCUT2D eigenvalue weighted by Crippen LogP contribution is -2.45. The standard InChI is InChI=1S/C23H30N2O6/c1-2-15-3-7-17(8-4-15)31-18-9-5-16(6-10-18)14-25-12-11-19(26)21(23(25)30)22(29)24-13-20(27)28/h3-4,7-8,16,18,26H,2,5-6,9-14H2,1H3,(H,24,29)(H,27,28)/t16-,18-. The average Bonchev–Trinajstić information content (AvgIpc) is 2.76. The number of carboxylic acid groups (broad SMARTS) is 1. The number of aliphatic carboxylic acids is 1. The molecule has 0 saturated heterocycles. The van der Waals surface area contributed by atoms with Crippen molar-refractivity contribution in [3.8, 4) is 5.75 Å². The fraction of sp³-hybridized carbons (Fsp3) is 0.522. The molecule has 0 unspecified atom stereocenters. The van der Waals surface area contributed by atoms with Crippen molar-refractivity contribution in [1.29, 1.82) is 0 Å². The first-order chi connectivity index (χ1) is 14.9. The summed E-state index contributed by atoms with van der Waals surface area (Å²) in [5.74, 6) is -1.70. The van der Waals surface area contributed by atoms with Gasteiger partial charge in [0.1, 0.15) is 23.6 Å². The number of aliphatic hydroxyl groups excluding tert-OH is 1. The fourth-order valence-electron chi connectivity index (χ4n) is 4.14. The van der Waals surface area contributed by atoms with Gasteiger partial charge in [-0.2, -0.15) is 0 Å². The van der Waals surface area contributed by atoms with Gasteiger partial charge in [0.2, 0.25) is 0 Å². The lowest BCUT2D eigenvalue weighted by atomic mass is 9.86. The average molecular weight is 431 g/mol. The van der Waals surface area contributed by atoms with Gasteiger partial charge in [-0.1, -0.05) is 19.1 Å². The Morgan fingerprint density at radius 2 is 1.84 bits per heavy atom. The molecule has 0 atom stereocenters. The fourth-order valence-corrected chi connectivity index (χ4v) is 4.14. The Morgan fingerprint density at radius 1 is 1.16 bits per heavy atom. The maximum absolute atomic E-state index is 12.7. The number of hydrogen-bond donors (Lipinski definition) is 3. The Bertz CT molecular complexity index is 840. The van der Waals surface area contributed by atoms with Crippen LogP contribution >= 0.6 is 0 Å². The molecule has 0 spiro atoms. The highest BCUT2D eigenvalue weighted by Crippen LogP contribution is 2.30. The van der Waals surface area contributed by atoms with E-state index in [1.165, 1.54) is 5.56 Å². The Balaban J connectivity index is 1.50. The summed E-state index contributed by atoms with van der Waals surface area (Å²) < 4.78 is 6.10. The topological polar surface area (TPSA) is 116 Å². The molecule has 1 aromatic carbocycles. The molecule has 0 bridgehead atoms. The van der Waals surface area contributed by atoms with Gasteiger partial charge in [-0.25, -0.2) is 0 Å². The van der Waals surface area contributed by atoms with E-state index in [1.807, 2.05) is 12.1 Å². The highest BCUT2D eigenvalue weighted by atomic mass is 16.5. The highest BCUT2D eigenvalue weighted by molar-refractivity contribution is 6.19. The van der Waals surface area contributed by atoms with E-state index in [0.717, 1.165) is 37.9 Å². The first kappa shape index (κ1) is 22.7. The number of carbonyl (C=O) groups excluding carboxylic acids is 2. The molecule has 8 heteroatoms. The summed E-state index contributed by atoms with van der Waals surface area (Å²) in [5.41, 5.74) is 0.929. The number of aliphatic hydroxyl groups is 1. The van der Waals surface area contributed by atoms with Gasteiger partial charge in [-0.3, -0.25) is 14.4 Å². The first-order valence-corrected chi connectivity index (χ1v) is 10.8. The van der Waals surface area contributed by atoms with Crippen molar-refractivity contribution in [2.45, 2.75) is 51.6 Å². The molecule has 31 heavy (non-hydrogen) atoms. The van der Waals surface area contributed by atoms with Crippen molar-refractivity contribution in [3.63, 3.8) is 0 Å². The van der Waals surface area contributed by atoms with E-state index in [-0.39, 0.29) is 23.9 Å². The van der Waals surface area contributed by atoms with Crippen LogP contribution in [0.15, 0.2) is 35.6 Å². The van der Waals surface area contributed by atoms with E-state index in [0.29, 0.717) is 19.0 Å². The molecule has 1 fully saturated rings. The normalized spacial score (nSPS) is 21.7. The monoisotopic (exact) mass is 430 g/mol. The molecule has 168 valence electrons. The molecule has 2 aliphatic rings. The number of rotatable bonds is 8. The molecule has 1 saturated carbocycles. The van der Waals surface area contributed by atoms with Crippen LogP contribution in [0.5, 0.6) is 5.75 Å². The third-order valence-corrected chi connectivity index (χ3v) is 5.94. The summed E-state index contributed by atoms with van der Waals surface area (Å²) in [7, 11) is 0. The number of benzene rings is 1. The van der Waals surface area contributed by atoms with Crippen LogP contribution < -0.4 is 10.1 Å². The number of nitrogens with one attached hydrogen (secondary N) is 1. The van der Waals surface area contributed by atoms with Crippen LogP contribution in [0.4, 0.5) is 0 Å². The second-order valence-electron chi connectivity index (χ2n) is 8.16. The minimum atomic E-state index is -1.21. The van der Waals surface area contributed by atoms with Crippen LogP contribution in [-0.2, 0) is 20.8 Å². The van der Waals surface area contributed by atoms with Crippen LogP contribution in [0.2, 0.25) is 0 Å². The van der Waals surface area contributed by atoms with E-state index in [2.05, 4.69) is 24.4 Å². The highest BCUT2D eigenvalue weighted by Gasteiger charge is 2.34. The summed E-state index contributed by atoms with van der Waals surface area (Å²) in [6.07, 6.45) is 4.96. The number of nitrogens with zero attached hydrogens (tertiary/aromatic N) is 1. The molecular weight excluding hydrogens is 400 g/mol. The Morgan fingerprint density at radius 3 is 2.45 bits per heavy atom. The van der Waals surface area contributed by atoms with Crippen LogP contribution in [0, 0.1) is 5.92 Å². The summed E-state index contributed by atoms with van der Waals surface area (Å²) in [6.45, 7) is 2.38. The minimum Gasteiger partial charge on any atom is -0.511 e. The number of ether oxygens (including phenoxy) is 1. The summed E-state index contributed by atoms with van der Waals surface area (Å²) >= 11 is 0. The van der Waals surface area contributed by atoms with E-state index >= 15 is 0 Å². The molecule has 8 nitrogen and oxygen atoms in total. The minimum absolute atomic E-state index is 0.155. The predicted molar refractivity (Wildman–Crippen MR) is 114 cm³/mol. The number of aryl methyl sites for hydroxylation is 1. The van der Waals surface area contributed by atoms with E-state index in [1.54, 1.807) is 4.90 Å². The Labute approximate surface area is 181 Å². The molecule has 2 amide bonds. The lowest BCUT2D eigenvalue weighted by molar-refractivity contribution is -0.138. The molecule has 3 rings (SSSR count). The smallest absolute Gasteiger partial charge is 0.322 e. The number of hydrogen-bond acceptors (Lipinski definition) is 5. The van der Waals surface area contributed by atoms with Gasteiger partial charge in [0.25, 0.3) is 11.8 Å². The second-order valence-corrected chi connectivity index (χ2v) is 8.16. The Kier molecular flexibility index (Phi) is 7.55. The molecule has 0 radical (unpaired) electrons. The quantitative estimate of drug-likeness (QED) is 0.546. The summed E-state index contributed by atoms with van der Waals surface area (Å²) in [4.78, 5) is 37.1. The van der Waals surface area contributed by atoms with Crippen molar-refractivity contribution in [2.24, 2.45) is 5.92 Å². The van der Waals surface area contributed by atoms with Crippen molar-refractivity contribution in [2.75, 3.05) is 19.6 Å². The summed E-state index contributed by atoms with van der Waals surface area (Å²) in [6, 6.07) is 8.17. The van der Waals surface area contributed by atoms with Crippen LogP contribution in [0.1, 0.15) is 44.6 Å². The van der Waals surface area contributed by atoms with E-state index < -0.39 is 24.3 Å². The van der Waals surface area contributed by atoms with Crippen molar-refractivity contribution in [3.05, 3.63) is 41.2 Å². The zero-order valence-electron chi connectivity index (χ0n) is 17.8. The maximum Gasteiger partial charge on any atom is 0.322 e. The third kappa shape index (κ3) is 5.99. The maximum atomic E-state index is 12.7. The number of carbonyl (C=O) groups is 3. The van der Waals surface area contributed by atoms with Gasteiger partial charge in [0.15, 0.2) is 0 Å². The molecule has 0 aromatic heterocycles. The van der Waals surface area contributed by atoms with Gasteiger partial charge >= 0.3 is 5.97 Å². The van der Waals surface area contributed by atoms with Gasteiger partial charge < -0.3 is 25.2 Å². The molecule has 1 aromatic rings.